The molecule has 0 aromatic heterocycles. The lowest BCUT2D eigenvalue weighted by Crippen LogP contribution is -2.30. The van der Waals surface area contributed by atoms with Crippen molar-refractivity contribution >= 4 is 27.8 Å². The van der Waals surface area contributed by atoms with Gasteiger partial charge in [-0.25, -0.2) is 0 Å². The highest BCUT2D eigenvalue weighted by atomic mass is 79.9. The van der Waals surface area contributed by atoms with Crippen LogP contribution in [-0.2, 0) is 20.7 Å². The number of amides is 1. The fraction of sp³-hybridized carbons (Fsp3) is 0.333. The molecule has 0 saturated heterocycles. The number of carbonyl (C=O) groups is 2. The number of rotatable bonds is 5. The lowest BCUT2D eigenvalue weighted by molar-refractivity contribution is -0.141. The van der Waals surface area contributed by atoms with Gasteiger partial charge in [0.25, 0.3) is 0 Å². The first-order valence-electron chi connectivity index (χ1n) is 5.20. The van der Waals surface area contributed by atoms with E-state index >= 15 is 0 Å². The molecule has 4 nitrogen and oxygen atoms in total. The summed E-state index contributed by atoms with van der Waals surface area (Å²) in [7, 11) is 1.29. The number of methoxy groups -OCH3 is 1. The number of nitrogens with one attached hydrogen (secondary N) is 1. The maximum Gasteiger partial charge on any atom is 0.325 e. The van der Waals surface area contributed by atoms with Gasteiger partial charge in [-0.15, -0.1) is 0 Å². The highest BCUT2D eigenvalue weighted by molar-refractivity contribution is 9.10. The van der Waals surface area contributed by atoms with E-state index in [0.717, 1.165) is 10.0 Å². The Morgan fingerprint density at radius 1 is 1.41 bits per heavy atom. The average Bonchev–Trinajstić information content (AvgIpc) is 2.33. The Morgan fingerprint density at radius 3 is 2.82 bits per heavy atom. The second-order valence-corrected chi connectivity index (χ2v) is 4.40. The third kappa shape index (κ3) is 5.49. The first kappa shape index (κ1) is 13.7. The molecule has 0 bridgehead atoms. The van der Waals surface area contributed by atoms with Gasteiger partial charge in [0, 0.05) is 10.9 Å². The fourth-order valence-corrected chi connectivity index (χ4v) is 1.73. The largest absolute Gasteiger partial charge is 0.468 e. The number of hydrogen-bond donors (Lipinski definition) is 1. The average molecular weight is 300 g/mol. The van der Waals surface area contributed by atoms with Gasteiger partial charge in [-0.1, -0.05) is 28.1 Å². The Morgan fingerprint density at radius 2 is 2.18 bits per heavy atom. The molecule has 0 unspecified atom stereocenters. The summed E-state index contributed by atoms with van der Waals surface area (Å²) in [6.07, 6.45) is 1.000. The van der Waals surface area contributed by atoms with Gasteiger partial charge in [0.05, 0.1) is 7.11 Å². The van der Waals surface area contributed by atoms with Crippen molar-refractivity contribution in [3.63, 3.8) is 0 Å². The molecule has 5 heteroatoms. The number of esters is 1. The Bertz CT molecular complexity index is 406. The Balaban J connectivity index is 2.31. The summed E-state index contributed by atoms with van der Waals surface area (Å²) < 4.78 is 5.41. The van der Waals surface area contributed by atoms with Crippen LogP contribution in [0.5, 0.6) is 0 Å². The number of benzene rings is 1. The molecular formula is C12H14BrNO3. The molecule has 17 heavy (non-hydrogen) atoms. The molecule has 0 heterocycles. The second-order valence-electron chi connectivity index (χ2n) is 3.48. The van der Waals surface area contributed by atoms with Crippen LogP contribution in [0.4, 0.5) is 0 Å². The minimum absolute atomic E-state index is 0.0756. The van der Waals surface area contributed by atoms with Crippen LogP contribution in [0.1, 0.15) is 12.0 Å². The predicted molar refractivity (Wildman–Crippen MR) is 67.5 cm³/mol. The van der Waals surface area contributed by atoms with Crippen molar-refractivity contribution < 1.29 is 14.3 Å². The Labute approximate surface area is 108 Å². The van der Waals surface area contributed by atoms with Crippen molar-refractivity contribution in [3.8, 4) is 0 Å². The zero-order chi connectivity index (χ0) is 12.7. The highest BCUT2D eigenvalue weighted by Crippen LogP contribution is 2.12. The molecule has 1 rings (SSSR count). The first-order valence-corrected chi connectivity index (χ1v) is 5.99. The summed E-state index contributed by atoms with van der Waals surface area (Å²) in [4.78, 5) is 22.2. The van der Waals surface area contributed by atoms with Crippen LogP contribution >= 0.6 is 15.9 Å². The van der Waals surface area contributed by atoms with E-state index in [-0.39, 0.29) is 12.5 Å². The maximum atomic E-state index is 11.4. The summed E-state index contributed by atoms with van der Waals surface area (Å²) in [6.45, 7) is -0.0756. The molecule has 0 fully saturated rings. The van der Waals surface area contributed by atoms with Crippen LogP contribution in [0.15, 0.2) is 28.7 Å². The zero-order valence-corrected chi connectivity index (χ0v) is 11.1. The smallest absolute Gasteiger partial charge is 0.325 e. The van der Waals surface area contributed by atoms with Gasteiger partial charge in [-0.2, -0.15) is 0 Å². The van der Waals surface area contributed by atoms with Gasteiger partial charge in [0.2, 0.25) is 5.91 Å². The molecule has 0 aliphatic carbocycles. The summed E-state index contributed by atoms with van der Waals surface area (Å²) in [5, 5.41) is 2.49. The molecule has 0 atom stereocenters. The Kier molecular flexibility index (Phi) is 5.69. The molecule has 1 amide bonds. The van der Waals surface area contributed by atoms with Gasteiger partial charge >= 0.3 is 5.97 Å². The minimum atomic E-state index is -0.444. The SMILES string of the molecule is COC(=O)CNC(=O)CCc1cccc(Br)c1. The number of aryl methyl sites for hydroxylation is 1. The molecule has 1 aromatic carbocycles. The summed E-state index contributed by atoms with van der Waals surface area (Å²) in [6, 6.07) is 7.78. The van der Waals surface area contributed by atoms with E-state index in [1.807, 2.05) is 24.3 Å². The van der Waals surface area contributed by atoms with Gasteiger partial charge in [-0.05, 0) is 24.1 Å². The standard InChI is InChI=1S/C12H14BrNO3/c1-17-12(16)8-14-11(15)6-5-9-3-2-4-10(13)7-9/h2-4,7H,5-6,8H2,1H3,(H,14,15). The lowest BCUT2D eigenvalue weighted by Gasteiger charge is -2.04. The van der Waals surface area contributed by atoms with Crippen molar-refractivity contribution in [3.05, 3.63) is 34.3 Å². The molecule has 1 N–H and O–H groups in total. The van der Waals surface area contributed by atoms with Crippen LogP contribution in [0.2, 0.25) is 0 Å². The van der Waals surface area contributed by atoms with E-state index in [1.54, 1.807) is 0 Å². The molecular weight excluding hydrogens is 286 g/mol. The first-order chi connectivity index (χ1) is 8.11. The Hall–Kier alpha value is -1.36. The van der Waals surface area contributed by atoms with Crippen LogP contribution in [0.25, 0.3) is 0 Å². The molecule has 1 aromatic rings. The molecule has 0 aliphatic heterocycles. The number of hydrogen-bond acceptors (Lipinski definition) is 3. The summed E-state index contributed by atoms with van der Waals surface area (Å²) in [5.74, 6) is -0.601. The van der Waals surface area contributed by atoms with Crippen LogP contribution in [0.3, 0.4) is 0 Å². The molecule has 0 saturated carbocycles. The van der Waals surface area contributed by atoms with E-state index in [9.17, 15) is 9.59 Å². The fourth-order valence-electron chi connectivity index (χ4n) is 1.28. The van der Waals surface area contributed by atoms with Crippen LogP contribution in [0, 0.1) is 0 Å². The number of halogens is 1. The van der Waals surface area contributed by atoms with Gasteiger partial charge < -0.3 is 10.1 Å². The third-order valence-corrected chi connectivity index (χ3v) is 2.68. The monoisotopic (exact) mass is 299 g/mol. The quantitative estimate of drug-likeness (QED) is 0.842. The predicted octanol–water partition coefficient (Wildman–Crippen LogP) is 1.67. The zero-order valence-electron chi connectivity index (χ0n) is 9.53. The van der Waals surface area contributed by atoms with E-state index in [1.165, 1.54) is 7.11 Å². The molecule has 0 aliphatic rings. The lowest BCUT2D eigenvalue weighted by atomic mass is 10.1. The normalized spacial score (nSPS) is 9.76. The molecule has 0 radical (unpaired) electrons. The molecule has 92 valence electrons. The van der Waals surface area contributed by atoms with Gasteiger partial charge in [0.15, 0.2) is 0 Å². The van der Waals surface area contributed by atoms with E-state index in [2.05, 4.69) is 26.0 Å². The van der Waals surface area contributed by atoms with Crippen molar-refractivity contribution in [1.29, 1.82) is 0 Å². The molecule has 0 spiro atoms. The van der Waals surface area contributed by atoms with Crippen LogP contribution < -0.4 is 5.32 Å². The van der Waals surface area contributed by atoms with Crippen LogP contribution in [-0.4, -0.2) is 25.5 Å². The summed E-state index contributed by atoms with van der Waals surface area (Å²) >= 11 is 3.37. The van der Waals surface area contributed by atoms with E-state index in [4.69, 9.17) is 0 Å². The second kappa shape index (κ2) is 7.06. The minimum Gasteiger partial charge on any atom is -0.468 e. The van der Waals surface area contributed by atoms with Gasteiger partial charge in [0.1, 0.15) is 6.54 Å². The highest BCUT2D eigenvalue weighted by Gasteiger charge is 2.05. The van der Waals surface area contributed by atoms with Crippen molar-refractivity contribution in [2.45, 2.75) is 12.8 Å². The van der Waals surface area contributed by atoms with E-state index < -0.39 is 5.97 Å². The number of ether oxygens (including phenoxy) is 1. The van der Waals surface area contributed by atoms with Gasteiger partial charge in [-0.3, -0.25) is 9.59 Å². The van der Waals surface area contributed by atoms with Crippen molar-refractivity contribution in [1.82, 2.24) is 5.32 Å². The maximum absolute atomic E-state index is 11.4. The third-order valence-electron chi connectivity index (χ3n) is 2.19. The summed E-state index contributed by atoms with van der Waals surface area (Å²) in [5.41, 5.74) is 1.08. The topological polar surface area (TPSA) is 55.4 Å². The van der Waals surface area contributed by atoms with E-state index in [0.29, 0.717) is 12.8 Å². The van der Waals surface area contributed by atoms with Crippen molar-refractivity contribution in [2.24, 2.45) is 0 Å². The van der Waals surface area contributed by atoms with Crippen molar-refractivity contribution in [2.75, 3.05) is 13.7 Å². The number of carbonyl (C=O) groups excluding carboxylic acids is 2.